The Hall–Kier alpha value is -1.95. The van der Waals surface area contributed by atoms with Crippen molar-refractivity contribution in [2.75, 3.05) is 12.4 Å². The van der Waals surface area contributed by atoms with Crippen LogP contribution in [0.3, 0.4) is 0 Å². The van der Waals surface area contributed by atoms with Crippen molar-refractivity contribution in [3.8, 4) is 5.75 Å². The fourth-order valence-electron chi connectivity index (χ4n) is 2.23. The van der Waals surface area contributed by atoms with Crippen LogP contribution in [0.1, 0.15) is 51.1 Å². The van der Waals surface area contributed by atoms with Crippen LogP contribution in [0.2, 0.25) is 0 Å². The molecule has 0 bridgehead atoms. The monoisotopic (exact) mass is 381 g/mol. The lowest BCUT2D eigenvalue weighted by Gasteiger charge is -2.07. The van der Waals surface area contributed by atoms with Gasteiger partial charge in [-0.25, -0.2) is 4.98 Å². The molecule has 0 saturated carbocycles. The number of hydrogen-bond donors (Lipinski definition) is 1. The molecule has 1 aromatic heterocycles. The Morgan fingerprint density at radius 3 is 2.73 bits per heavy atom. The quantitative estimate of drug-likeness (QED) is 0.648. The molecule has 0 aliphatic heterocycles. The summed E-state index contributed by atoms with van der Waals surface area (Å²) in [5.74, 6) is 2.37. The van der Waals surface area contributed by atoms with Gasteiger partial charge in [0.25, 0.3) is 0 Å². The van der Waals surface area contributed by atoms with Crippen LogP contribution < -0.4 is 4.74 Å². The second kappa shape index (κ2) is 13.3. The van der Waals surface area contributed by atoms with E-state index in [0.717, 1.165) is 29.2 Å². The van der Waals surface area contributed by atoms with Crippen LogP contribution in [0.4, 0.5) is 0 Å². The van der Waals surface area contributed by atoms with Crippen LogP contribution in [-0.4, -0.2) is 28.4 Å². The summed E-state index contributed by atoms with van der Waals surface area (Å²) < 4.78 is 11.3. The number of carboxylic acids is 1. The maximum absolute atomic E-state index is 10.5. The van der Waals surface area contributed by atoms with Gasteiger partial charge < -0.3 is 14.3 Å². The number of aliphatic carboxylic acids is 1. The van der Waals surface area contributed by atoms with Crippen molar-refractivity contribution in [2.24, 2.45) is 0 Å². The third-order valence-corrected chi connectivity index (χ3v) is 4.20. The van der Waals surface area contributed by atoms with Crippen molar-refractivity contribution in [3.63, 3.8) is 0 Å². The van der Waals surface area contributed by atoms with Gasteiger partial charge in [-0.1, -0.05) is 40.3 Å². The minimum Gasteiger partial charge on any atom is -0.493 e. The fourth-order valence-corrected chi connectivity index (χ4v) is 2.92. The molecular formula is C20H31NO4S. The van der Waals surface area contributed by atoms with Crippen LogP contribution in [0, 0.1) is 6.92 Å². The molecule has 146 valence electrons. The Bertz CT molecular complexity index is 655. The first-order valence-corrected chi connectivity index (χ1v) is 9.70. The zero-order valence-corrected chi connectivity index (χ0v) is 16.2. The largest absolute Gasteiger partial charge is 0.493 e. The Kier molecular flexibility index (Phi) is 12.3. The first-order valence-electron chi connectivity index (χ1n) is 8.55. The first-order chi connectivity index (χ1) is 12.1. The molecule has 0 unspecified atom stereocenters. The molecule has 0 atom stereocenters. The Morgan fingerprint density at radius 1 is 1.35 bits per heavy atom. The molecule has 5 nitrogen and oxygen atoms in total. The van der Waals surface area contributed by atoms with Gasteiger partial charge in [-0.05, 0) is 17.7 Å². The van der Waals surface area contributed by atoms with Crippen LogP contribution >= 0.6 is 11.8 Å². The maximum atomic E-state index is 10.5. The predicted molar refractivity (Wildman–Crippen MR) is 108 cm³/mol. The smallest absolute Gasteiger partial charge is 0.313 e. The molecule has 0 amide bonds. The molecule has 0 aliphatic rings. The van der Waals surface area contributed by atoms with Gasteiger partial charge in [0.1, 0.15) is 11.5 Å². The van der Waals surface area contributed by atoms with E-state index in [4.69, 9.17) is 14.3 Å². The number of aryl methyl sites for hydroxylation is 2. The molecule has 6 heteroatoms. The van der Waals surface area contributed by atoms with Gasteiger partial charge in [0.15, 0.2) is 5.89 Å². The molecule has 0 radical (unpaired) electrons. The molecule has 1 N–H and O–H groups in total. The van der Waals surface area contributed by atoms with E-state index >= 15 is 0 Å². The molecule has 0 fully saturated rings. The molecule has 0 spiro atoms. The second-order valence-electron chi connectivity index (χ2n) is 5.09. The number of carbonyl (C=O) groups is 1. The van der Waals surface area contributed by atoms with Crippen molar-refractivity contribution in [1.82, 2.24) is 4.98 Å². The first kappa shape index (κ1) is 24.1. The summed E-state index contributed by atoms with van der Waals surface area (Å²) in [6.07, 6.45) is 1.53. The van der Waals surface area contributed by atoms with E-state index in [1.54, 1.807) is 0 Å². The Morgan fingerprint density at radius 2 is 2.08 bits per heavy atom. The highest BCUT2D eigenvalue weighted by molar-refractivity contribution is 7.99. The van der Waals surface area contributed by atoms with E-state index in [1.807, 2.05) is 52.0 Å². The summed E-state index contributed by atoms with van der Waals surface area (Å²) in [7, 11) is 0. The second-order valence-corrected chi connectivity index (χ2v) is 6.07. The normalized spacial score (nSPS) is 9.69. The number of hydrogen-bond acceptors (Lipinski definition) is 5. The SMILES string of the molecule is C.CC.CCc1oc(C)nc1CCOc1cccc(CSCC(=O)O)c1. The molecule has 2 rings (SSSR count). The Balaban J connectivity index is 0.00000201. The highest BCUT2D eigenvalue weighted by Crippen LogP contribution is 2.19. The number of carboxylic acid groups (broad SMARTS) is 1. The number of nitrogens with zero attached hydrogens (tertiary/aromatic N) is 1. The summed E-state index contributed by atoms with van der Waals surface area (Å²) in [6.45, 7) is 8.43. The summed E-state index contributed by atoms with van der Waals surface area (Å²) in [4.78, 5) is 14.9. The van der Waals surface area contributed by atoms with Gasteiger partial charge in [0.2, 0.25) is 0 Å². The zero-order valence-electron chi connectivity index (χ0n) is 15.4. The van der Waals surface area contributed by atoms with Crippen molar-refractivity contribution >= 4 is 17.7 Å². The molecule has 0 aliphatic carbocycles. The summed E-state index contributed by atoms with van der Waals surface area (Å²) in [6, 6.07) is 7.74. The summed E-state index contributed by atoms with van der Waals surface area (Å²) >= 11 is 1.37. The van der Waals surface area contributed by atoms with Crippen LogP contribution in [0.15, 0.2) is 28.7 Å². The standard InChI is InChI=1S/C17H21NO4S.C2H6.CH4/c1-3-16-15(18-12(2)22-16)7-8-21-14-6-4-5-13(9-14)10-23-11-17(19)20;1-2;/h4-6,9H,3,7-8,10-11H2,1-2H3,(H,19,20);1-2H3;1H4. The lowest BCUT2D eigenvalue weighted by molar-refractivity contribution is -0.133. The molecule has 1 aromatic carbocycles. The molecular weight excluding hydrogens is 350 g/mol. The van der Waals surface area contributed by atoms with Crippen LogP contribution in [0.5, 0.6) is 5.75 Å². The van der Waals surface area contributed by atoms with E-state index in [0.29, 0.717) is 24.7 Å². The van der Waals surface area contributed by atoms with Gasteiger partial charge in [-0.2, -0.15) is 0 Å². The number of rotatable bonds is 9. The van der Waals surface area contributed by atoms with E-state index in [1.165, 1.54) is 11.8 Å². The van der Waals surface area contributed by atoms with Crippen LogP contribution in [-0.2, 0) is 23.4 Å². The van der Waals surface area contributed by atoms with Gasteiger partial charge in [-0.15, -0.1) is 11.8 Å². The van der Waals surface area contributed by atoms with E-state index in [-0.39, 0.29) is 13.2 Å². The lowest BCUT2D eigenvalue weighted by Crippen LogP contribution is -2.04. The van der Waals surface area contributed by atoms with Crippen molar-refractivity contribution < 1.29 is 19.1 Å². The van der Waals surface area contributed by atoms with Gasteiger partial charge >= 0.3 is 5.97 Å². The number of aromatic nitrogens is 1. The third-order valence-electron chi connectivity index (χ3n) is 3.21. The highest BCUT2D eigenvalue weighted by Gasteiger charge is 2.09. The maximum Gasteiger partial charge on any atom is 0.313 e. The number of thioether (sulfide) groups is 1. The fraction of sp³-hybridized carbons (Fsp3) is 0.500. The molecule has 0 saturated heterocycles. The van der Waals surface area contributed by atoms with Crippen molar-refractivity contribution in [1.29, 1.82) is 0 Å². The predicted octanol–water partition coefficient (Wildman–Crippen LogP) is 5.15. The summed E-state index contributed by atoms with van der Waals surface area (Å²) in [5.41, 5.74) is 2.01. The van der Waals surface area contributed by atoms with Gasteiger partial charge in [-0.3, -0.25) is 4.79 Å². The minimum absolute atomic E-state index is 0. The highest BCUT2D eigenvalue weighted by atomic mass is 32.2. The van der Waals surface area contributed by atoms with Crippen LogP contribution in [0.25, 0.3) is 0 Å². The van der Waals surface area contributed by atoms with Gasteiger partial charge in [0, 0.05) is 25.5 Å². The minimum atomic E-state index is -0.794. The number of ether oxygens (including phenoxy) is 1. The lowest BCUT2D eigenvalue weighted by atomic mass is 10.2. The third kappa shape index (κ3) is 8.43. The van der Waals surface area contributed by atoms with E-state index < -0.39 is 5.97 Å². The Labute approximate surface area is 161 Å². The van der Waals surface area contributed by atoms with Crippen molar-refractivity contribution in [3.05, 3.63) is 47.2 Å². The molecule has 26 heavy (non-hydrogen) atoms. The van der Waals surface area contributed by atoms with Gasteiger partial charge in [0.05, 0.1) is 18.1 Å². The molecule has 1 heterocycles. The zero-order chi connectivity index (χ0) is 18.7. The number of benzene rings is 1. The van der Waals surface area contributed by atoms with E-state index in [2.05, 4.69) is 4.98 Å². The average Bonchev–Trinajstić information content (AvgIpc) is 2.96. The molecule has 2 aromatic rings. The van der Waals surface area contributed by atoms with E-state index in [9.17, 15) is 4.79 Å². The summed E-state index contributed by atoms with van der Waals surface area (Å²) in [5, 5.41) is 8.66. The van der Waals surface area contributed by atoms with Crippen molar-refractivity contribution in [2.45, 2.75) is 53.7 Å². The topological polar surface area (TPSA) is 72.6 Å². The number of oxazole rings is 1. The average molecular weight is 382 g/mol.